The van der Waals surface area contributed by atoms with Gasteiger partial charge in [0.1, 0.15) is 11.8 Å². The Morgan fingerprint density at radius 3 is 2.62 bits per heavy atom. The molecule has 0 radical (unpaired) electrons. The molecule has 3 aliphatic carbocycles. The zero-order valence-electron chi connectivity index (χ0n) is 26.8. The van der Waals surface area contributed by atoms with Crippen LogP contribution in [0.25, 0.3) is 0 Å². The first-order valence-electron chi connectivity index (χ1n) is 16.2. The number of unbranched alkanes of at least 4 members (excludes halogenated alkanes) is 1. The summed E-state index contributed by atoms with van der Waals surface area (Å²) in [5.41, 5.74) is 6.30. The Hall–Kier alpha value is -2.24. The third-order valence-corrected chi connectivity index (χ3v) is 11.8. The van der Waals surface area contributed by atoms with Crippen molar-refractivity contribution in [2.24, 2.45) is 23.0 Å². The molecule has 5 fully saturated rings. The molecule has 0 aromatic heterocycles. The van der Waals surface area contributed by atoms with Gasteiger partial charge in [-0.2, -0.15) is 0 Å². The lowest BCUT2D eigenvalue weighted by molar-refractivity contribution is -0.199. The quantitative estimate of drug-likeness (QED) is 0.235. The Labute approximate surface area is 278 Å². The van der Waals surface area contributed by atoms with Crippen LogP contribution in [-0.4, -0.2) is 67.7 Å². The molecule has 2 bridgehead atoms. The van der Waals surface area contributed by atoms with Crippen LogP contribution < -0.4 is 15.8 Å². The second-order valence-corrected chi connectivity index (χ2v) is 14.8. The number of nitrogens with one attached hydrogen (secondary N) is 1. The molecular formula is C34H47BClN3O5S. The summed E-state index contributed by atoms with van der Waals surface area (Å²) in [7, 11) is 1.15. The first-order valence-corrected chi connectivity index (χ1v) is 17.0. The normalized spacial score (nSPS) is 28.5. The Kier molecular flexibility index (Phi) is 10.5. The number of halogens is 1. The number of ether oxygens (including phenoxy) is 1. The van der Waals surface area contributed by atoms with Crippen molar-refractivity contribution in [2.45, 2.75) is 99.2 Å². The van der Waals surface area contributed by atoms with E-state index in [9.17, 15) is 9.59 Å². The van der Waals surface area contributed by atoms with Gasteiger partial charge in [0.05, 0.1) is 24.8 Å². The fourth-order valence-corrected chi connectivity index (χ4v) is 8.93. The van der Waals surface area contributed by atoms with Crippen molar-refractivity contribution in [3.05, 3.63) is 54.1 Å². The second kappa shape index (κ2) is 13.9. The Morgan fingerprint density at radius 2 is 1.91 bits per heavy atom. The zero-order valence-corrected chi connectivity index (χ0v) is 28.5. The molecule has 2 aliphatic heterocycles. The van der Waals surface area contributed by atoms with E-state index in [-0.39, 0.29) is 47.3 Å². The van der Waals surface area contributed by atoms with Gasteiger partial charge in [0.2, 0.25) is 5.91 Å². The summed E-state index contributed by atoms with van der Waals surface area (Å²) >= 11 is 1.59. The van der Waals surface area contributed by atoms with Gasteiger partial charge < -0.3 is 30.0 Å². The number of hydrogen-bond acceptors (Lipinski definition) is 7. The lowest BCUT2D eigenvalue weighted by atomic mass is 9.43. The topological polar surface area (TPSA) is 103 Å². The summed E-state index contributed by atoms with van der Waals surface area (Å²) in [6.07, 6.45) is 6.12. The minimum Gasteiger partial charge on any atom is -0.497 e. The second-order valence-electron chi connectivity index (χ2n) is 13.7. The molecule has 0 spiro atoms. The molecule has 7 rings (SSSR count). The fourth-order valence-electron chi connectivity index (χ4n) is 8.06. The van der Waals surface area contributed by atoms with Crippen molar-refractivity contribution in [2.75, 3.05) is 20.2 Å². The van der Waals surface area contributed by atoms with E-state index in [4.69, 9.17) is 19.8 Å². The molecule has 2 aromatic rings. The van der Waals surface area contributed by atoms with Gasteiger partial charge in [-0.15, -0.1) is 12.4 Å². The van der Waals surface area contributed by atoms with E-state index in [1.807, 2.05) is 48.5 Å². The predicted octanol–water partition coefficient (Wildman–Crippen LogP) is 5.75. The van der Waals surface area contributed by atoms with Crippen LogP contribution in [0.4, 0.5) is 0 Å². The van der Waals surface area contributed by atoms with Crippen molar-refractivity contribution in [3.8, 4) is 5.75 Å². The molecule has 8 nitrogen and oxygen atoms in total. The number of nitrogens with two attached hydrogens (primary N) is 1. The number of hydrogen-bond donors (Lipinski definition) is 2. The van der Waals surface area contributed by atoms with Crippen LogP contribution in [0.3, 0.4) is 0 Å². The molecule has 2 aromatic carbocycles. The van der Waals surface area contributed by atoms with Crippen molar-refractivity contribution in [1.29, 1.82) is 0 Å². The summed E-state index contributed by atoms with van der Waals surface area (Å²) in [5, 5.41) is 3.29. The number of rotatable bonds is 11. The predicted molar refractivity (Wildman–Crippen MR) is 180 cm³/mol. The van der Waals surface area contributed by atoms with Crippen LogP contribution >= 0.6 is 24.2 Å². The maximum atomic E-state index is 13.9. The number of benzene rings is 2. The molecule has 5 aliphatic rings. The van der Waals surface area contributed by atoms with Crippen molar-refractivity contribution >= 4 is 43.1 Å². The summed E-state index contributed by atoms with van der Waals surface area (Å²) in [6, 6.07) is 15.0. The average molecular weight is 656 g/mol. The molecule has 3 saturated carbocycles. The van der Waals surface area contributed by atoms with Gasteiger partial charge in [0, 0.05) is 21.9 Å². The average Bonchev–Trinajstić information content (AvgIpc) is 3.65. The maximum Gasteiger partial charge on any atom is 0.481 e. The van der Waals surface area contributed by atoms with Crippen LogP contribution in [-0.2, 0) is 14.1 Å². The Morgan fingerprint density at radius 1 is 1.13 bits per heavy atom. The van der Waals surface area contributed by atoms with Gasteiger partial charge in [-0.1, -0.05) is 38.1 Å². The molecule has 3 N–H and O–H groups in total. The summed E-state index contributed by atoms with van der Waals surface area (Å²) < 4.78 is 18.6. The lowest BCUT2D eigenvalue weighted by Crippen LogP contribution is -2.65. The van der Waals surface area contributed by atoms with E-state index in [2.05, 4.69) is 26.1 Å². The molecule has 45 heavy (non-hydrogen) atoms. The Bertz CT molecular complexity index is 1370. The minimum absolute atomic E-state index is 0. The van der Waals surface area contributed by atoms with Crippen molar-refractivity contribution < 1.29 is 23.6 Å². The van der Waals surface area contributed by atoms with Gasteiger partial charge in [0.15, 0.2) is 0 Å². The van der Waals surface area contributed by atoms with Gasteiger partial charge in [-0.3, -0.25) is 9.59 Å². The monoisotopic (exact) mass is 655 g/mol. The number of carbonyl (C=O) groups excluding carboxylic acids is 2. The van der Waals surface area contributed by atoms with Gasteiger partial charge in [-0.25, -0.2) is 0 Å². The summed E-state index contributed by atoms with van der Waals surface area (Å²) in [4.78, 5) is 31.4. The fraction of sp³-hybridized carbons (Fsp3) is 0.588. The van der Waals surface area contributed by atoms with Gasteiger partial charge >= 0.3 is 7.12 Å². The highest BCUT2D eigenvalue weighted by molar-refractivity contribution is 7.99. The van der Waals surface area contributed by atoms with Crippen molar-refractivity contribution in [1.82, 2.24) is 10.2 Å². The third kappa shape index (κ3) is 6.64. The SMILES string of the molecule is COc1ccc(Sc2cccc(C(=O)N3CCC[C@H]3C(=O)N[C@@H](CCCCN)B3O[C@@H]4C[C@@H]5C[C@@H](C5(C)C)[C@]4(C)O3)c2)cc1.Cl. The van der Waals surface area contributed by atoms with Crippen LogP contribution in [0, 0.1) is 17.3 Å². The molecule has 2 heterocycles. The van der Waals surface area contributed by atoms with Gasteiger partial charge in [0.25, 0.3) is 5.91 Å². The summed E-state index contributed by atoms with van der Waals surface area (Å²) in [5.74, 6) is 1.37. The third-order valence-electron chi connectivity index (χ3n) is 10.8. The number of nitrogens with zero attached hydrogens (tertiary/aromatic N) is 1. The van der Waals surface area contributed by atoms with Crippen LogP contribution in [0.1, 0.15) is 76.1 Å². The number of carbonyl (C=O) groups is 2. The Balaban J connectivity index is 0.00000400. The smallest absolute Gasteiger partial charge is 0.481 e. The molecule has 2 amide bonds. The van der Waals surface area contributed by atoms with E-state index >= 15 is 0 Å². The maximum absolute atomic E-state index is 13.9. The lowest BCUT2D eigenvalue weighted by Gasteiger charge is -2.64. The standard InChI is InChI=1S/C34H46BN3O5S.ClH/c1-33(2)23-20-28(33)34(3)29(21-23)42-35(43-34)30(12-5-6-17-36)37-31(39)27-11-8-18-38(27)32(40)22-9-7-10-26(19-22)44-25-15-13-24(41-4)14-16-25;/h7,9-10,13-16,19,23,27-30H,5-6,8,11-12,17-18,20-21,36H2,1-4H3,(H,37,39);1H/t23-,27-,28-,29+,30-,34-;/m0./s1. The molecule has 11 heteroatoms. The van der Waals surface area contributed by atoms with Crippen molar-refractivity contribution in [3.63, 3.8) is 0 Å². The highest BCUT2D eigenvalue weighted by Gasteiger charge is 2.68. The highest BCUT2D eigenvalue weighted by Crippen LogP contribution is 2.65. The van der Waals surface area contributed by atoms with Crippen LogP contribution in [0.15, 0.2) is 58.3 Å². The number of methoxy groups -OCH3 is 1. The first-order chi connectivity index (χ1) is 21.1. The van der Waals surface area contributed by atoms with Crippen LogP contribution in [0.2, 0.25) is 0 Å². The summed E-state index contributed by atoms with van der Waals surface area (Å²) in [6.45, 7) is 8.06. The molecule has 6 atom stereocenters. The number of likely N-dealkylation sites (tertiary alicyclic amines) is 1. The highest BCUT2D eigenvalue weighted by atomic mass is 35.5. The van der Waals surface area contributed by atoms with E-state index in [1.165, 1.54) is 6.42 Å². The molecule has 0 unspecified atom stereocenters. The van der Waals surface area contributed by atoms with E-state index < -0.39 is 13.2 Å². The minimum atomic E-state index is -0.525. The van der Waals surface area contributed by atoms with E-state index in [0.29, 0.717) is 36.9 Å². The molecule has 244 valence electrons. The van der Waals surface area contributed by atoms with Gasteiger partial charge in [-0.05, 0) is 112 Å². The zero-order chi connectivity index (χ0) is 31.1. The molecule has 2 saturated heterocycles. The van der Waals surface area contributed by atoms with E-state index in [0.717, 1.165) is 47.6 Å². The van der Waals surface area contributed by atoms with Crippen LogP contribution in [0.5, 0.6) is 5.75 Å². The molecular weight excluding hydrogens is 609 g/mol. The first kappa shape index (κ1) is 34.1. The number of amides is 2. The largest absolute Gasteiger partial charge is 0.497 e. The van der Waals surface area contributed by atoms with E-state index in [1.54, 1.807) is 23.8 Å².